The van der Waals surface area contributed by atoms with Crippen molar-refractivity contribution in [2.24, 2.45) is 11.8 Å². The molecule has 108 valence electrons. The molecule has 20 heavy (non-hydrogen) atoms. The van der Waals surface area contributed by atoms with Crippen LogP contribution in [0.1, 0.15) is 39.2 Å². The first-order chi connectivity index (χ1) is 9.49. The van der Waals surface area contributed by atoms with Crippen molar-refractivity contribution < 1.29 is 0 Å². The molecule has 1 aliphatic carbocycles. The van der Waals surface area contributed by atoms with Gasteiger partial charge in [0.05, 0.1) is 0 Å². The lowest BCUT2D eigenvalue weighted by Crippen LogP contribution is -2.08. The molecule has 0 amide bonds. The summed E-state index contributed by atoms with van der Waals surface area (Å²) in [6, 6.07) is 10.4. The zero-order valence-electron chi connectivity index (χ0n) is 13.2. The first-order valence-corrected chi connectivity index (χ1v) is 7.53. The van der Waals surface area contributed by atoms with Crippen LogP contribution in [0.15, 0.2) is 66.8 Å². The molecule has 0 saturated heterocycles. The minimum absolute atomic E-state index is 0.796. The third-order valence-electron chi connectivity index (χ3n) is 3.58. The van der Waals surface area contributed by atoms with Crippen LogP contribution in [0.4, 0.5) is 0 Å². The highest BCUT2D eigenvalue weighted by molar-refractivity contribution is 5.20. The SMILES string of the molecule is C=C(C)Cc1ccccc1.C=C1C=CC(C(C)C)CC1. The van der Waals surface area contributed by atoms with Crippen LogP contribution in [0, 0.1) is 11.8 Å². The van der Waals surface area contributed by atoms with Crippen LogP contribution in [0.5, 0.6) is 0 Å². The van der Waals surface area contributed by atoms with Gasteiger partial charge in [0.2, 0.25) is 0 Å². The van der Waals surface area contributed by atoms with Crippen molar-refractivity contribution in [3.05, 3.63) is 72.4 Å². The van der Waals surface area contributed by atoms with E-state index in [9.17, 15) is 0 Å². The van der Waals surface area contributed by atoms with Gasteiger partial charge in [0.25, 0.3) is 0 Å². The van der Waals surface area contributed by atoms with Gasteiger partial charge in [0.1, 0.15) is 0 Å². The van der Waals surface area contributed by atoms with E-state index in [2.05, 4.69) is 63.4 Å². The van der Waals surface area contributed by atoms with E-state index in [1.54, 1.807) is 0 Å². The van der Waals surface area contributed by atoms with Gasteiger partial charge in [-0.1, -0.05) is 80.6 Å². The molecule has 0 bridgehead atoms. The van der Waals surface area contributed by atoms with Gasteiger partial charge in [-0.2, -0.15) is 0 Å². The van der Waals surface area contributed by atoms with Crippen molar-refractivity contribution in [1.29, 1.82) is 0 Å². The Morgan fingerprint density at radius 3 is 2.35 bits per heavy atom. The second-order valence-electron chi connectivity index (χ2n) is 6.08. The fraction of sp³-hybridized carbons (Fsp3) is 0.400. The van der Waals surface area contributed by atoms with Gasteiger partial charge >= 0.3 is 0 Å². The Labute approximate surface area is 124 Å². The maximum Gasteiger partial charge on any atom is -0.00726 e. The molecule has 0 nitrogen and oxygen atoms in total. The molecule has 0 heterocycles. The van der Waals surface area contributed by atoms with Crippen LogP contribution in [0.3, 0.4) is 0 Å². The van der Waals surface area contributed by atoms with E-state index < -0.39 is 0 Å². The van der Waals surface area contributed by atoms with Gasteiger partial charge in [0.15, 0.2) is 0 Å². The summed E-state index contributed by atoms with van der Waals surface area (Å²) < 4.78 is 0. The van der Waals surface area contributed by atoms with Crippen LogP contribution in [0.2, 0.25) is 0 Å². The lowest BCUT2D eigenvalue weighted by molar-refractivity contribution is 0.429. The van der Waals surface area contributed by atoms with Crippen LogP contribution in [-0.4, -0.2) is 0 Å². The maximum absolute atomic E-state index is 3.92. The predicted molar refractivity (Wildman–Crippen MR) is 90.8 cm³/mol. The summed E-state index contributed by atoms with van der Waals surface area (Å²) in [5, 5.41) is 0. The number of benzene rings is 1. The standard InChI is InChI=1S/C10H16.C10H12/c1-8(2)10-6-4-9(3)5-7-10;1-9(2)8-10-6-4-3-5-7-10/h4,6,8,10H,3,5,7H2,1-2H3;3-7H,1,8H2,2H3. The fourth-order valence-corrected chi connectivity index (χ4v) is 2.29. The number of hydrogen-bond donors (Lipinski definition) is 0. The van der Waals surface area contributed by atoms with Crippen LogP contribution in [0.25, 0.3) is 0 Å². The van der Waals surface area contributed by atoms with Crippen molar-refractivity contribution in [2.75, 3.05) is 0 Å². The van der Waals surface area contributed by atoms with Gasteiger partial charge in [-0.25, -0.2) is 0 Å². The molecule has 0 heteroatoms. The first-order valence-electron chi connectivity index (χ1n) is 7.53. The lowest BCUT2D eigenvalue weighted by Gasteiger charge is -2.20. The Morgan fingerprint density at radius 1 is 1.25 bits per heavy atom. The second-order valence-corrected chi connectivity index (χ2v) is 6.08. The highest BCUT2D eigenvalue weighted by Gasteiger charge is 2.12. The molecule has 1 unspecified atom stereocenters. The summed E-state index contributed by atoms with van der Waals surface area (Å²) in [5.74, 6) is 1.59. The molecule has 0 saturated carbocycles. The van der Waals surface area contributed by atoms with E-state index in [1.807, 2.05) is 13.0 Å². The molecule has 0 aromatic heterocycles. The van der Waals surface area contributed by atoms with E-state index in [-0.39, 0.29) is 0 Å². The largest absolute Gasteiger partial charge is 0.0998 e. The summed E-state index contributed by atoms with van der Waals surface area (Å²) in [7, 11) is 0. The van der Waals surface area contributed by atoms with Crippen molar-refractivity contribution in [3.63, 3.8) is 0 Å². The van der Waals surface area contributed by atoms with Gasteiger partial charge in [0, 0.05) is 0 Å². The zero-order valence-corrected chi connectivity index (χ0v) is 13.2. The first kappa shape index (κ1) is 16.5. The molecule has 1 aromatic carbocycles. The molecule has 1 atom stereocenters. The third-order valence-corrected chi connectivity index (χ3v) is 3.58. The highest BCUT2D eigenvalue weighted by Crippen LogP contribution is 2.25. The number of hydrogen-bond acceptors (Lipinski definition) is 0. The quantitative estimate of drug-likeness (QED) is 0.592. The van der Waals surface area contributed by atoms with Gasteiger partial charge in [-0.15, -0.1) is 0 Å². The van der Waals surface area contributed by atoms with Crippen LogP contribution >= 0.6 is 0 Å². The maximum atomic E-state index is 3.92. The molecule has 0 radical (unpaired) electrons. The Kier molecular flexibility index (Phi) is 7.08. The average Bonchev–Trinajstić information content (AvgIpc) is 2.40. The van der Waals surface area contributed by atoms with Crippen molar-refractivity contribution >= 4 is 0 Å². The Hall–Kier alpha value is -1.56. The summed E-state index contributed by atoms with van der Waals surface area (Å²) in [6.07, 6.45) is 7.97. The fourth-order valence-electron chi connectivity index (χ4n) is 2.29. The molecular formula is C20H28. The Bertz CT molecular complexity index is 448. The third kappa shape index (κ3) is 6.56. The number of allylic oxidation sites excluding steroid dienone is 4. The molecule has 0 N–H and O–H groups in total. The lowest BCUT2D eigenvalue weighted by atomic mass is 9.85. The van der Waals surface area contributed by atoms with Gasteiger partial charge in [-0.05, 0) is 43.6 Å². The molecule has 0 fully saturated rings. The predicted octanol–water partition coefficient (Wildman–Crippen LogP) is 5.97. The van der Waals surface area contributed by atoms with E-state index in [0.717, 1.165) is 18.3 Å². The van der Waals surface area contributed by atoms with E-state index >= 15 is 0 Å². The van der Waals surface area contributed by atoms with Crippen LogP contribution in [-0.2, 0) is 6.42 Å². The van der Waals surface area contributed by atoms with Crippen molar-refractivity contribution in [2.45, 2.75) is 40.0 Å². The summed E-state index contributed by atoms with van der Waals surface area (Å²) in [5.41, 5.74) is 3.85. The molecule has 0 aliphatic heterocycles. The smallest absolute Gasteiger partial charge is 0.00726 e. The number of rotatable bonds is 3. The van der Waals surface area contributed by atoms with Crippen LogP contribution < -0.4 is 0 Å². The Morgan fingerprint density at radius 2 is 1.90 bits per heavy atom. The van der Waals surface area contributed by atoms with Crippen molar-refractivity contribution in [3.8, 4) is 0 Å². The van der Waals surface area contributed by atoms with Gasteiger partial charge in [-0.3, -0.25) is 0 Å². The van der Waals surface area contributed by atoms with Crippen molar-refractivity contribution in [1.82, 2.24) is 0 Å². The van der Waals surface area contributed by atoms with E-state index in [0.29, 0.717) is 0 Å². The van der Waals surface area contributed by atoms with Gasteiger partial charge < -0.3 is 0 Å². The van der Waals surface area contributed by atoms with E-state index in [4.69, 9.17) is 0 Å². The average molecular weight is 268 g/mol. The second kappa shape index (κ2) is 8.58. The highest BCUT2D eigenvalue weighted by atomic mass is 14.2. The normalized spacial score (nSPS) is 17.6. The molecule has 2 rings (SSSR count). The molecule has 0 spiro atoms. The minimum atomic E-state index is 0.796. The topological polar surface area (TPSA) is 0 Å². The summed E-state index contributed by atoms with van der Waals surface area (Å²) in [6.45, 7) is 14.4. The molecule has 1 aliphatic rings. The summed E-state index contributed by atoms with van der Waals surface area (Å²) in [4.78, 5) is 0. The molecular weight excluding hydrogens is 240 g/mol. The monoisotopic (exact) mass is 268 g/mol. The van der Waals surface area contributed by atoms with E-state index in [1.165, 1.54) is 29.6 Å². The summed E-state index contributed by atoms with van der Waals surface area (Å²) >= 11 is 0. The molecule has 1 aromatic rings. The zero-order chi connectivity index (χ0) is 15.0. The minimum Gasteiger partial charge on any atom is -0.0998 e. The Balaban J connectivity index is 0.000000200.